The molecule has 0 aromatic heterocycles. The minimum Gasteiger partial charge on any atom is 0 e. The summed E-state index contributed by atoms with van der Waals surface area (Å²) in [6, 6.07) is 12.2. The van der Waals surface area contributed by atoms with Crippen LogP contribution in [-0.4, -0.2) is 80.8 Å². The predicted molar refractivity (Wildman–Crippen MR) is 118 cm³/mol. The van der Waals surface area contributed by atoms with Crippen molar-refractivity contribution in [2.45, 2.75) is 5.60 Å². The monoisotopic (exact) mass is 753 g/mol. The molecule has 1 atom stereocenters. The Kier molecular flexibility index (Phi) is 8.86. The summed E-state index contributed by atoms with van der Waals surface area (Å²) in [4.78, 5) is 12.8. The molecule has 11 heteroatoms. The van der Waals surface area contributed by atoms with Gasteiger partial charge in [-0.2, -0.15) is 0 Å². The van der Waals surface area contributed by atoms with Gasteiger partial charge in [0.15, 0.2) is 0 Å². The van der Waals surface area contributed by atoms with E-state index in [4.69, 9.17) is 9.47 Å². The molecule has 0 saturated carbocycles. The van der Waals surface area contributed by atoms with E-state index >= 15 is 0 Å². The molecular weight excluding hydrogens is 743 g/mol. The molecule has 4 N–H and O–H groups in total. The molecule has 1 unspecified atom stereocenters. The number of phenolic OH excluding ortho intramolecular Hbond substituents is 2. The van der Waals surface area contributed by atoms with Crippen molar-refractivity contribution in [2.24, 2.45) is 0 Å². The molecule has 2 aliphatic rings. The van der Waals surface area contributed by atoms with Crippen LogP contribution in [0.4, 0.5) is 0 Å². The fourth-order valence-corrected chi connectivity index (χ4v) is 7.41. The minimum atomic E-state index is -1.23. The molecule has 3 aromatic carbocycles. The van der Waals surface area contributed by atoms with Gasteiger partial charge in [-0.25, -0.2) is 0 Å². The molecule has 0 amide bonds. The van der Waals surface area contributed by atoms with Crippen LogP contribution < -0.4 is 7.81 Å². The van der Waals surface area contributed by atoms with Gasteiger partial charge in [-0.15, -0.1) is 0 Å². The smallest absolute Gasteiger partial charge is 0 e. The van der Waals surface area contributed by atoms with Crippen LogP contribution in [0.25, 0.3) is 0 Å². The predicted octanol–water partition coefficient (Wildman–Crippen LogP) is 2.78. The summed E-state index contributed by atoms with van der Waals surface area (Å²) in [5, 5.41) is 20.6. The standard InChI is InChI=1S/C20H9Br2O5.Hg.2Na.H2O/c21-13-5-11-17(7-15(13)23)26-18-8-16(24)14(22)6-12(18)20(11)10-4-2-1-3-9(10)19(25)27-20;;;;/h1-7,23-24H;;;;1H2. The van der Waals surface area contributed by atoms with Crippen molar-refractivity contribution in [3.63, 3.8) is 0 Å². The van der Waals surface area contributed by atoms with E-state index in [-0.39, 0.29) is 102 Å². The maximum absolute atomic E-state index is 12.8. The van der Waals surface area contributed by atoms with Gasteiger partial charge in [-0.1, -0.05) is 0 Å². The first-order chi connectivity index (χ1) is 13.3. The summed E-state index contributed by atoms with van der Waals surface area (Å²) >= 11 is 6.78. The van der Waals surface area contributed by atoms with E-state index in [1.165, 1.54) is 6.07 Å². The number of carbonyl (C=O) groups excluding carboxylic acids is 1. The van der Waals surface area contributed by atoms with Crippen LogP contribution in [0.1, 0.15) is 27.0 Å². The Morgan fingerprint density at radius 2 is 1.58 bits per heavy atom. The Labute approximate surface area is 254 Å². The van der Waals surface area contributed by atoms with Crippen molar-refractivity contribution in [2.75, 3.05) is 0 Å². The number of phenols is 2. The number of carbonyl (C=O) groups is 1. The van der Waals surface area contributed by atoms with Crippen LogP contribution in [0.3, 0.4) is 0 Å². The number of aromatic hydroxyl groups is 2. The maximum Gasteiger partial charge on any atom is 0 e. The molecule has 0 saturated heterocycles. The first kappa shape index (κ1) is 27.6. The number of rotatable bonds is 0. The molecule has 0 fully saturated rings. The van der Waals surface area contributed by atoms with E-state index in [0.29, 0.717) is 45.8 Å². The molecule has 0 bridgehead atoms. The van der Waals surface area contributed by atoms with Crippen LogP contribution in [-0.2, 0) is 36.5 Å². The van der Waals surface area contributed by atoms with Crippen molar-refractivity contribution in [1.82, 2.24) is 0 Å². The third-order valence-corrected chi connectivity index (χ3v) is 8.88. The molecule has 31 heavy (non-hydrogen) atoms. The summed E-state index contributed by atoms with van der Waals surface area (Å²) < 4.78 is 13.8. The Balaban J connectivity index is 0.00000114. The van der Waals surface area contributed by atoms with Crippen molar-refractivity contribution in [3.8, 4) is 23.0 Å². The molecule has 0 aliphatic carbocycles. The van der Waals surface area contributed by atoms with Crippen LogP contribution in [0.15, 0.2) is 51.4 Å². The molecule has 6 nitrogen and oxygen atoms in total. The largest absolute Gasteiger partial charge is 0 e. The zero-order chi connectivity index (χ0) is 19.8. The Bertz CT molecular complexity index is 1220. The quantitative estimate of drug-likeness (QED) is 0.272. The Morgan fingerprint density at radius 3 is 2.29 bits per heavy atom. The van der Waals surface area contributed by atoms with Gasteiger partial charge >= 0.3 is 194 Å². The number of esters is 1. The van der Waals surface area contributed by atoms with E-state index in [9.17, 15) is 15.0 Å². The number of halogens is 2. The van der Waals surface area contributed by atoms with E-state index in [1.807, 2.05) is 12.1 Å². The SMILES string of the molecule is O.O=C1OC2(c3cc(Br)c(O)cc3Oc3c2cc(Br)c(O)[c]3[Hg])c2ccccc21.[Na].[Na]. The van der Waals surface area contributed by atoms with Crippen LogP contribution in [0, 0.1) is 0 Å². The van der Waals surface area contributed by atoms with Gasteiger partial charge in [0, 0.05) is 59.1 Å². The third-order valence-electron chi connectivity index (χ3n) is 5.09. The van der Waals surface area contributed by atoms with Gasteiger partial charge in [0.1, 0.15) is 0 Å². The molecular formula is C20H11Br2HgNa2O6. The Hall–Kier alpha value is 0.385. The van der Waals surface area contributed by atoms with Crippen molar-refractivity contribution < 1.29 is 56.1 Å². The number of hydrogen-bond donors (Lipinski definition) is 2. The van der Waals surface area contributed by atoms with Crippen LogP contribution in [0.2, 0.25) is 0 Å². The summed E-state index contributed by atoms with van der Waals surface area (Å²) in [6.07, 6.45) is 0. The van der Waals surface area contributed by atoms with E-state index in [0.717, 1.165) is 0 Å². The van der Waals surface area contributed by atoms with Crippen molar-refractivity contribution in [3.05, 3.63) is 73.7 Å². The molecule has 5 rings (SSSR count). The summed E-state index contributed by atoms with van der Waals surface area (Å²) in [5.41, 5.74) is 1.21. The van der Waals surface area contributed by atoms with Gasteiger partial charge in [0.2, 0.25) is 0 Å². The maximum atomic E-state index is 12.8. The zero-order valence-corrected chi connectivity index (χ0v) is 29.3. The van der Waals surface area contributed by atoms with Crippen molar-refractivity contribution >= 4 is 100 Å². The average Bonchev–Trinajstić information content (AvgIpc) is 2.97. The molecule has 2 radical (unpaired) electrons. The fraction of sp³-hybridized carbons (Fsp3) is 0.0500. The topological polar surface area (TPSA) is 107 Å². The van der Waals surface area contributed by atoms with Gasteiger partial charge in [-0.05, 0) is 0 Å². The zero-order valence-electron chi connectivity index (χ0n) is 16.6. The second kappa shape index (κ2) is 9.94. The second-order valence-corrected chi connectivity index (χ2v) is 11.0. The van der Waals surface area contributed by atoms with Gasteiger partial charge < -0.3 is 5.48 Å². The van der Waals surface area contributed by atoms with Gasteiger partial charge in [-0.3, -0.25) is 0 Å². The average molecular weight is 754 g/mol. The molecule has 145 valence electrons. The molecule has 2 aliphatic heterocycles. The first-order valence-corrected chi connectivity index (χ1v) is 12.6. The number of benzene rings is 3. The molecule has 3 aromatic rings. The number of fused-ring (bicyclic) bond motifs is 6. The fourth-order valence-electron chi connectivity index (χ4n) is 3.83. The second-order valence-electron chi connectivity index (χ2n) is 6.58. The van der Waals surface area contributed by atoms with Crippen molar-refractivity contribution in [1.29, 1.82) is 0 Å². The summed E-state index contributed by atoms with van der Waals surface area (Å²) in [5.74, 6) is 0.562. The summed E-state index contributed by atoms with van der Waals surface area (Å²) in [6.45, 7) is 0. The normalized spacial score (nSPS) is 17.1. The summed E-state index contributed by atoms with van der Waals surface area (Å²) in [7, 11) is 0. The van der Waals surface area contributed by atoms with Crippen LogP contribution >= 0.6 is 31.9 Å². The third kappa shape index (κ3) is 3.98. The van der Waals surface area contributed by atoms with Crippen LogP contribution in [0.5, 0.6) is 23.0 Å². The first-order valence-electron chi connectivity index (χ1n) is 8.26. The number of hydrogen-bond acceptors (Lipinski definition) is 5. The van der Waals surface area contributed by atoms with E-state index in [2.05, 4.69) is 31.9 Å². The van der Waals surface area contributed by atoms with E-state index < -0.39 is 11.6 Å². The van der Waals surface area contributed by atoms with E-state index in [1.54, 1.807) is 24.3 Å². The molecule has 1 spiro atoms. The molecule has 2 heterocycles. The van der Waals surface area contributed by atoms with Gasteiger partial charge in [0.25, 0.3) is 0 Å². The minimum absolute atomic E-state index is 0. The number of ether oxygens (including phenoxy) is 2. The van der Waals surface area contributed by atoms with Gasteiger partial charge in [0.05, 0.1) is 0 Å². The Morgan fingerprint density at radius 1 is 0.935 bits per heavy atom.